The summed E-state index contributed by atoms with van der Waals surface area (Å²) in [6.45, 7) is 18.0. The van der Waals surface area contributed by atoms with Gasteiger partial charge in [-0.3, -0.25) is 0 Å². The van der Waals surface area contributed by atoms with Crippen LogP contribution in [0.15, 0.2) is 23.8 Å². The predicted molar refractivity (Wildman–Crippen MR) is 131 cm³/mol. The highest BCUT2D eigenvalue weighted by Crippen LogP contribution is 2.89. The van der Waals surface area contributed by atoms with Gasteiger partial charge in [0.1, 0.15) is 12.2 Å². The molecule has 7 rings (SSSR count). The number of aliphatic hydroxyl groups excluding tert-OH is 2. The molecule has 0 aromatic carbocycles. The molecule has 0 unspecified atom stereocenters. The van der Waals surface area contributed by atoms with E-state index in [2.05, 4.69) is 47.3 Å². The minimum absolute atomic E-state index is 0.00247. The zero-order valence-electron chi connectivity index (χ0n) is 22.0. The Hall–Kier alpha value is -0.680. The van der Waals surface area contributed by atoms with Gasteiger partial charge >= 0.3 is 0 Å². The van der Waals surface area contributed by atoms with Crippen molar-refractivity contribution >= 4 is 0 Å². The van der Waals surface area contributed by atoms with Crippen molar-refractivity contribution in [3.8, 4) is 0 Å². The average molecular weight is 469 g/mol. The van der Waals surface area contributed by atoms with Crippen LogP contribution in [0.3, 0.4) is 0 Å². The number of ether oxygens (including phenoxy) is 2. The second-order valence-electron chi connectivity index (χ2n) is 14.7. The van der Waals surface area contributed by atoms with Gasteiger partial charge in [0, 0.05) is 11.3 Å². The lowest BCUT2D eigenvalue weighted by Gasteiger charge is -2.59. The van der Waals surface area contributed by atoms with Crippen molar-refractivity contribution in [1.29, 1.82) is 0 Å². The number of hydrogen-bond donors (Lipinski definition) is 2. The molecule has 5 aliphatic carbocycles. The molecule has 2 heterocycles. The van der Waals surface area contributed by atoms with Crippen molar-refractivity contribution < 1.29 is 19.7 Å². The first-order valence-corrected chi connectivity index (χ1v) is 13.9. The van der Waals surface area contributed by atoms with E-state index in [0.717, 1.165) is 37.7 Å². The fourth-order valence-electron chi connectivity index (χ4n) is 11.7. The van der Waals surface area contributed by atoms with E-state index in [0.29, 0.717) is 17.3 Å². The lowest BCUT2D eigenvalue weighted by atomic mass is 9.44. The smallest absolute Gasteiger partial charge is 0.200 e. The van der Waals surface area contributed by atoms with E-state index < -0.39 is 11.9 Å². The van der Waals surface area contributed by atoms with Gasteiger partial charge in [-0.05, 0) is 90.9 Å². The highest BCUT2D eigenvalue weighted by Gasteiger charge is 2.86. The summed E-state index contributed by atoms with van der Waals surface area (Å²) in [5.41, 5.74) is 2.51. The maximum absolute atomic E-state index is 12.4. The Bertz CT molecular complexity index is 1020. The number of hydrogen-bond acceptors (Lipinski definition) is 4. The van der Waals surface area contributed by atoms with Crippen LogP contribution in [0.1, 0.15) is 86.5 Å². The summed E-state index contributed by atoms with van der Waals surface area (Å²) >= 11 is 0. The minimum atomic E-state index is -0.928. The molecule has 4 heteroatoms. The molecule has 34 heavy (non-hydrogen) atoms. The van der Waals surface area contributed by atoms with Crippen molar-refractivity contribution in [3.63, 3.8) is 0 Å². The molecule has 0 aromatic rings. The Labute approximate surface area is 205 Å². The third-order valence-electron chi connectivity index (χ3n) is 13.3. The maximum Gasteiger partial charge on any atom is 0.200 e. The summed E-state index contributed by atoms with van der Waals surface area (Å²) in [6, 6.07) is 0. The van der Waals surface area contributed by atoms with Gasteiger partial charge in [-0.2, -0.15) is 0 Å². The van der Waals surface area contributed by atoms with Crippen LogP contribution in [0.4, 0.5) is 0 Å². The Morgan fingerprint density at radius 1 is 1.09 bits per heavy atom. The lowest BCUT2D eigenvalue weighted by Crippen LogP contribution is -2.55. The molecule has 4 saturated carbocycles. The Morgan fingerprint density at radius 2 is 1.82 bits per heavy atom. The van der Waals surface area contributed by atoms with Crippen LogP contribution >= 0.6 is 0 Å². The van der Waals surface area contributed by atoms with Gasteiger partial charge in [-0.25, -0.2) is 0 Å². The van der Waals surface area contributed by atoms with E-state index in [1.807, 2.05) is 6.92 Å². The lowest BCUT2D eigenvalue weighted by molar-refractivity contribution is -0.274. The molecule has 3 spiro atoms. The van der Waals surface area contributed by atoms with Gasteiger partial charge in [0.25, 0.3) is 0 Å². The first-order valence-electron chi connectivity index (χ1n) is 13.9. The summed E-state index contributed by atoms with van der Waals surface area (Å²) in [5.74, 6) is 0.209. The first kappa shape index (κ1) is 22.5. The molecule has 7 aliphatic rings. The SMILES string of the molecule is C=C(C)[C@H]1O[C@@]23O[C@@H]1C[C@@H](C)[C@@H]2[C@@]1(C)CC[C@@]24C[C@@]25CC[C@H](O)C(C)(C)[C@@H]5CC=C4[C@]1(C)[C@H]3O. The molecule has 2 saturated heterocycles. The molecule has 0 amide bonds. The first-order chi connectivity index (χ1) is 15.8. The van der Waals surface area contributed by atoms with E-state index in [1.165, 1.54) is 18.4 Å². The quantitative estimate of drug-likeness (QED) is 0.507. The molecular formula is C30H44O4. The van der Waals surface area contributed by atoms with E-state index in [4.69, 9.17) is 9.47 Å². The van der Waals surface area contributed by atoms with Gasteiger partial charge in [0.2, 0.25) is 0 Å². The van der Waals surface area contributed by atoms with Crippen molar-refractivity contribution in [1.82, 2.24) is 0 Å². The molecule has 2 N–H and O–H groups in total. The molecular weight excluding hydrogens is 424 g/mol. The van der Waals surface area contributed by atoms with Crippen LogP contribution < -0.4 is 0 Å². The van der Waals surface area contributed by atoms with Crippen LogP contribution in [0.5, 0.6) is 0 Å². The molecule has 6 fully saturated rings. The van der Waals surface area contributed by atoms with Crippen molar-refractivity contribution in [3.05, 3.63) is 23.8 Å². The van der Waals surface area contributed by atoms with Gasteiger partial charge < -0.3 is 19.7 Å². The summed E-state index contributed by atoms with van der Waals surface area (Å²) in [4.78, 5) is 0. The van der Waals surface area contributed by atoms with E-state index in [-0.39, 0.29) is 45.9 Å². The number of rotatable bonds is 1. The molecule has 4 nitrogen and oxygen atoms in total. The van der Waals surface area contributed by atoms with Crippen molar-refractivity contribution in [2.45, 2.75) is 117 Å². The third-order valence-corrected chi connectivity index (χ3v) is 13.3. The average Bonchev–Trinajstić information content (AvgIpc) is 3.29. The minimum Gasteiger partial charge on any atom is -0.393 e. The van der Waals surface area contributed by atoms with Crippen molar-refractivity contribution in [2.75, 3.05) is 0 Å². The second kappa shape index (κ2) is 6.06. The summed E-state index contributed by atoms with van der Waals surface area (Å²) < 4.78 is 13.6. The van der Waals surface area contributed by atoms with Crippen LogP contribution in [0.2, 0.25) is 0 Å². The van der Waals surface area contributed by atoms with Gasteiger partial charge in [-0.1, -0.05) is 52.8 Å². The third kappa shape index (κ3) is 2.02. The van der Waals surface area contributed by atoms with Gasteiger partial charge in [0.15, 0.2) is 5.79 Å². The topological polar surface area (TPSA) is 58.9 Å². The van der Waals surface area contributed by atoms with Crippen LogP contribution in [-0.2, 0) is 9.47 Å². The monoisotopic (exact) mass is 468 g/mol. The van der Waals surface area contributed by atoms with Crippen LogP contribution in [0.25, 0.3) is 0 Å². The molecule has 0 aromatic heterocycles. The Kier molecular flexibility index (Phi) is 4.01. The standard InChI is InChI=1S/C30H44O4/c1-16(2)22-18-14-17(3)23-26(6)12-13-29-15-28(29)11-10-21(31)25(4,5)19(28)8-9-20(29)27(26,7)24(32)30(23,33-18)34-22/h9,17-19,21-24,31-32H,1,8,10-15H2,2-7H3/t17-,18-,19+,21+,22-,23-,24-,26-,27-,28-,29+,30+/m1/s1. The van der Waals surface area contributed by atoms with Crippen molar-refractivity contribution in [2.24, 2.45) is 44.8 Å². The second-order valence-corrected chi connectivity index (χ2v) is 14.7. The Balaban J connectivity index is 1.37. The van der Waals surface area contributed by atoms with E-state index >= 15 is 0 Å². The van der Waals surface area contributed by atoms with Gasteiger partial charge in [0.05, 0.1) is 12.2 Å². The fraction of sp³-hybridized carbons (Fsp3) is 0.867. The fourth-order valence-corrected chi connectivity index (χ4v) is 11.7. The molecule has 12 atom stereocenters. The zero-order valence-corrected chi connectivity index (χ0v) is 22.0. The van der Waals surface area contributed by atoms with Crippen LogP contribution in [0, 0.1) is 44.8 Å². The Morgan fingerprint density at radius 3 is 2.53 bits per heavy atom. The summed E-state index contributed by atoms with van der Waals surface area (Å²) in [6.07, 6.45) is 9.09. The zero-order chi connectivity index (χ0) is 24.3. The highest BCUT2D eigenvalue weighted by atomic mass is 16.8. The normalized spacial score (nSPS) is 62.5. The van der Waals surface area contributed by atoms with E-state index in [9.17, 15) is 10.2 Å². The highest BCUT2D eigenvalue weighted by molar-refractivity contribution is 5.48. The number of allylic oxidation sites excluding steroid dienone is 1. The predicted octanol–water partition coefficient (Wildman–Crippen LogP) is 5.38. The number of aliphatic hydroxyl groups is 2. The van der Waals surface area contributed by atoms with Gasteiger partial charge in [-0.15, -0.1) is 0 Å². The molecule has 2 bridgehead atoms. The summed E-state index contributed by atoms with van der Waals surface area (Å²) in [7, 11) is 0. The van der Waals surface area contributed by atoms with E-state index in [1.54, 1.807) is 0 Å². The summed E-state index contributed by atoms with van der Waals surface area (Å²) in [5, 5.41) is 23.3. The van der Waals surface area contributed by atoms with Crippen LogP contribution in [-0.4, -0.2) is 40.4 Å². The maximum atomic E-state index is 12.4. The number of fused-ring (bicyclic) bond motifs is 4. The molecule has 0 radical (unpaired) electrons. The molecule has 188 valence electrons. The largest absolute Gasteiger partial charge is 0.393 e. The molecule has 2 aliphatic heterocycles.